The molecule has 1 amide bonds. The third-order valence-corrected chi connectivity index (χ3v) is 5.34. The average Bonchev–Trinajstić information content (AvgIpc) is 3.53. The van der Waals surface area contributed by atoms with Crippen LogP contribution in [0, 0.1) is 0 Å². The second kappa shape index (κ2) is 8.27. The van der Waals surface area contributed by atoms with Gasteiger partial charge in [-0.25, -0.2) is 9.67 Å². The Bertz CT molecular complexity index is 1220. The van der Waals surface area contributed by atoms with Crippen LogP contribution in [0.4, 0.5) is 5.69 Å². The topological polar surface area (TPSA) is 94.8 Å². The first kappa shape index (κ1) is 19.4. The molecule has 2 heterocycles. The standard InChI is InChI=1S/C22H17BrN6O2/c23-15-6-8-17(9-7-15)29-21(14-4-5-14)20(27-28-29)22(30)26-16-2-1-3-18(12-16)31-19-13-24-10-11-25-19/h1-3,6-14H,4-5H2,(H,26,30). The summed E-state index contributed by atoms with van der Waals surface area (Å²) in [4.78, 5) is 21.1. The monoisotopic (exact) mass is 476 g/mol. The van der Waals surface area contributed by atoms with Gasteiger partial charge in [-0.2, -0.15) is 0 Å². The number of hydrogen-bond donors (Lipinski definition) is 1. The molecule has 154 valence electrons. The van der Waals surface area contributed by atoms with Crippen LogP contribution in [0.2, 0.25) is 0 Å². The number of halogens is 1. The molecule has 2 aromatic heterocycles. The van der Waals surface area contributed by atoms with Crippen LogP contribution in [0.5, 0.6) is 11.6 Å². The second-order valence-corrected chi connectivity index (χ2v) is 8.03. The first-order valence-corrected chi connectivity index (χ1v) is 10.5. The molecule has 0 radical (unpaired) electrons. The Hall–Kier alpha value is -3.59. The number of rotatable bonds is 6. The molecular formula is C22H17BrN6O2. The van der Waals surface area contributed by atoms with E-state index in [9.17, 15) is 4.79 Å². The first-order chi connectivity index (χ1) is 15.2. The minimum Gasteiger partial charge on any atom is -0.437 e. The molecule has 0 unspecified atom stereocenters. The van der Waals surface area contributed by atoms with Gasteiger partial charge in [0, 0.05) is 34.5 Å². The van der Waals surface area contributed by atoms with Crippen molar-refractivity contribution in [2.24, 2.45) is 0 Å². The highest BCUT2D eigenvalue weighted by atomic mass is 79.9. The second-order valence-electron chi connectivity index (χ2n) is 7.11. The van der Waals surface area contributed by atoms with Gasteiger partial charge < -0.3 is 10.1 Å². The summed E-state index contributed by atoms with van der Waals surface area (Å²) in [6.45, 7) is 0. The third-order valence-electron chi connectivity index (χ3n) is 4.81. The number of benzene rings is 2. The van der Waals surface area contributed by atoms with Crippen molar-refractivity contribution in [3.8, 4) is 17.3 Å². The number of hydrogen-bond acceptors (Lipinski definition) is 6. The molecule has 4 aromatic rings. The van der Waals surface area contributed by atoms with Crippen molar-refractivity contribution in [3.63, 3.8) is 0 Å². The van der Waals surface area contributed by atoms with Crippen LogP contribution < -0.4 is 10.1 Å². The van der Waals surface area contributed by atoms with Gasteiger partial charge in [0.1, 0.15) is 5.75 Å². The minimum absolute atomic E-state index is 0.283. The normalized spacial score (nSPS) is 13.1. The zero-order chi connectivity index (χ0) is 21.2. The smallest absolute Gasteiger partial charge is 0.278 e. The molecule has 1 aliphatic carbocycles. The fourth-order valence-electron chi connectivity index (χ4n) is 3.23. The Morgan fingerprint density at radius 2 is 1.97 bits per heavy atom. The maximum Gasteiger partial charge on any atom is 0.278 e. The number of nitrogens with one attached hydrogen (secondary N) is 1. The van der Waals surface area contributed by atoms with E-state index in [1.54, 1.807) is 41.3 Å². The molecule has 0 bridgehead atoms. The number of carbonyl (C=O) groups excluding carboxylic acids is 1. The minimum atomic E-state index is -0.304. The van der Waals surface area contributed by atoms with Gasteiger partial charge in [-0.3, -0.25) is 9.78 Å². The summed E-state index contributed by atoms with van der Waals surface area (Å²) in [5.41, 5.74) is 2.64. The van der Waals surface area contributed by atoms with Crippen LogP contribution in [0.15, 0.2) is 71.6 Å². The lowest BCUT2D eigenvalue weighted by Crippen LogP contribution is -2.15. The van der Waals surface area contributed by atoms with E-state index < -0.39 is 0 Å². The summed E-state index contributed by atoms with van der Waals surface area (Å²) in [5, 5.41) is 11.4. The van der Waals surface area contributed by atoms with Gasteiger partial charge >= 0.3 is 0 Å². The van der Waals surface area contributed by atoms with Crippen LogP contribution in [0.25, 0.3) is 5.69 Å². The zero-order valence-corrected chi connectivity index (χ0v) is 17.9. The Kier molecular flexibility index (Phi) is 5.17. The Morgan fingerprint density at radius 3 is 2.71 bits per heavy atom. The van der Waals surface area contributed by atoms with Crippen molar-refractivity contribution in [1.29, 1.82) is 0 Å². The number of nitrogens with zero attached hydrogens (tertiary/aromatic N) is 5. The van der Waals surface area contributed by atoms with Crippen LogP contribution in [-0.4, -0.2) is 30.9 Å². The SMILES string of the molecule is O=C(Nc1cccc(Oc2cnccn2)c1)c1nnn(-c2ccc(Br)cc2)c1C1CC1. The molecule has 0 aliphatic heterocycles. The fraction of sp³-hybridized carbons (Fsp3) is 0.136. The molecule has 0 atom stereocenters. The molecule has 1 aliphatic rings. The summed E-state index contributed by atoms with van der Waals surface area (Å²) in [6, 6.07) is 14.9. The van der Waals surface area contributed by atoms with Gasteiger partial charge in [0.2, 0.25) is 5.88 Å². The molecule has 8 nitrogen and oxygen atoms in total. The molecule has 1 N–H and O–H groups in total. The Labute approximate surface area is 186 Å². The lowest BCUT2D eigenvalue weighted by atomic mass is 10.2. The van der Waals surface area contributed by atoms with E-state index in [-0.39, 0.29) is 11.8 Å². The maximum absolute atomic E-state index is 13.0. The quantitative estimate of drug-likeness (QED) is 0.431. The van der Waals surface area contributed by atoms with Crippen LogP contribution in [0.1, 0.15) is 34.9 Å². The lowest BCUT2D eigenvalue weighted by molar-refractivity contribution is 0.102. The maximum atomic E-state index is 13.0. The van der Waals surface area contributed by atoms with Gasteiger partial charge in [0.05, 0.1) is 17.6 Å². The lowest BCUT2D eigenvalue weighted by Gasteiger charge is -2.09. The van der Waals surface area contributed by atoms with Gasteiger partial charge in [0.25, 0.3) is 5.91 Å². The van der Waals surface area contributed by atoms with Crippen LogP contribution >= 0.6 is 15.9 Å². The molecule has 1 fully saturated rings. The fourth-order valence-corrected chi connectivity index (χ4v) is 3.50. The molecule has 9 heteroatoms. The molecule has 0 saturated heterocycles. The number of amides is 1. The predicted octanol–water partition coefficient (Wildman–Crippen LogP) is 4.74. The average molecular weight is 477 g/mol. The molecule has 5 rings (SSSR count). The summed E-state index contributed by atoms with van der Waals surface area (Å²) >= 11 is 3.44. The van der Waals surface area contributed by atoms with E-state index in [0.29, 0.717) is 23.0 Å². The van der Waals surface area contributed by atoms with Crippen molar-refractivity contribution < 1.29 is 9.53 Å². The van der Waals surface area contributed by atoms with E-state index in [2.05, 4.69) is 41.5 Å². The largest absolute Gasteiger partial charge is 0.437 e. The summed E-state index contributed by atoms with van der Waals surface area (Å²) in [7, 11) is 0. The molecule has 0 spiro atoms. The van der Waals surface area contributed by atoms with Crippen molar-refractivity contribution in [2.45, 2.75) is 18.8 Å². The summed E-state index contributed by atoms with van der Waals surface area (Å²) in [5.74, 6) is 0.895. The van der Waals surface area contributed by atoms with Crippen molar-refractivity contribution in [2.75, 3.05) is 5.32 Å². The van der Waals surface area contributed by atoms with Crippen molar-refractivity contribution in [1.82, 2.24) is 25.0 Å². The van der Waals surface area contributed by atoms with E-state index >= 15 is 0 Å². The number of aromatic nitrogens is 5. The van der Waals surface area contributed by atoms with Crippen LogP contribution in [-0.2, 0) is 0 Å². The summed E-state index contributed by atoms with van der Waals surface area (Å²) in [6.07, 6.45) is 6.68. The number of anilines is 1. The number of ether oxygens (including phenoxy) is 1. The third kappa shape index (κ3) is 4.31. The molecule has 2 aromatic carbocycles. The zero-order valence-electron chi connectivity index (χ0n) is 16.3. The van der Waals surface area contributed by atoms with Gasteiger partial charge in [-0.1, -0.05) is 27.2 Å². The highest BCUT2D eigenvalue weighted by Crippen LogP contribution is 2.42. The highest BCUT2D eigenvalue weighted by molar-refractivity contribution is 9.10. The Morgan fingerprint density at radius 1 is 1.13 bits per heavy atom. The van der Waals surface area contributed by atoms with Gasteiger partial charge in [-0.15, -0.1) is 5.10 Å². The first-order valence-electron chi connectivity index (χ1n) is 9.74. The molecule has 31 heavy (non-hydrogen) atoms. The molecule has 1 saturated carbocycles. The van der Waals surface area contributed by atoms with E-state index in [4.69, 9.17) is 4.74 Å². The molecular weight excluding hydrogens is 460 g/mol. The summed E-state index contributed by atoms with van der Waals surface area (Å²) < 4.78 is 8.42. The Balaban J connectivity index is 1.39. The van der Waals surface area contributed by atoms with Crippen molar-refractivity contribution in [3.05, 3.63) is 83.0 Å². The van der Waals surface area contributed by atoms with E-state index in [1.807, 2.05) is 24.3 Å². The predicted molar refractivity (Wildman–Crippen MR) is 118 cm³/mol. The van der Waals surface area contributed by atoms with Crippen molar-refractivity contribution >= 4 is 27.5 Å². The van der Waals surface area contributed by atoms with Crippen LogP contribution in [0.3, 0.4) is 0 Å². The van der Waals surface area contributed by atoms with Gasteiger partial charge in [-0.05, 0) is 49.2 Å². The van der Waals surface area contributed by atoms with E-state index in [0.717, 1.165) is 28.7 Å². The number of carbonyl (C=O) groups is 1. The van der Waals surface area contributed by atoms with Gasteiger partial charge in [0.15, 0.2) is 5.69 Å². The highest BCUT2D eigenvalue weighted by Gasteiger charge is 2.34. The van der Waals surface area contributed by atoms with E-state index in [1.165, 1.54) is 6.20 Å².